The Morgan fingerprint density at radius 1 is 1.29 bits per heavy atom. The SMILES string of the molecule is CCc1cccc(C)c1NC(=O)/C=C/c1cc(Br)cc(Br)c1OC. The minimum Gasteiger partial charge on any atom is -0.495 e. The second-order valence-corrected chi connectivity index (χ2v) is 7.07. The number of ether oxygens (including phenoxy) is 1. The molecule has 0 aliphatic rings. The normalized spacial score (nSPS) is 10.9. The lowest BCUT2D eigenvalue weighted by Gasteiger charge is -2.12. The fourth-order valence-electron chi connectivity index (χ4n) is 2.45. The number of hydrogen-bond acceptors (Lipinski definition) is 2. The van der Waals surface area contributed by atoms with E-state index < -0.39 is 0 Å². The highest BCUT2D eigenvalue weighted by molar-refractivity contribution is 9.11. The van der Waals surface area contributed by atoms with Crippen molar-refractivity contribution < 1.29 is 9.53 Å². The standard InChI is InChI=1S/C19H19Br2NO2/c1-4-13-7-5-6-12(2)18(13)22-17(23)9-8-14-10-15(20)11-16(21)19(14)24-3/h5-11H,4H2,1-3H3,(H,22,23)/b9-8+. The summed E-state index contributed by atoms with van der Waals surface area (Å²) < 4.78 is 7.12. The van der Waals surface area contributed by atoms with Crippen LogP contribution in [0.2, 0.25) is 0 Å². The smallest absolute Gasteiger partial charge is 0.248 e. The molecule has 5 heteroatoms. The maximum atomic E-state index is 12.3. The fraction of sp³-hybridized carbons (Fsp3) is 0.211. The van der Waals surface area contributed by atoms with Crippen molar-refractivity contribution in [2.75, 3.05) is 12.4 Å². The van der Waals surface area contributed by atoms with Gasteiger partial charge in [0, 0.05) is 21.8 Å². The molecule has 0 aliphatic heterocycles. The predicted octanol–water partition coefficient (Wildman–Crippen LogP) is 5.74. The zero-order chi connectivity index (χ0) is 17.7. The van der Waals surface area contributed by atoms with Gasteiger partial charge in [0.2, 0.25) is 5.91 Å². The third-order valence-electron chi connectivity index (χ3n) is 3.64. The van der Waals surface area contributed by atoms with Gasteiger partial charge < -0.3 is 10.1 Å². The minimum atomic E-state index is -0.169. The predicted molar refractivity (Wildman–Crippen MR) is 107 cm³/mol. The van der Waals surface area contributed by atoms with Crippen LogP contribution < -0.4 is 10.1 Å². The van der Waals surface area contributed by atoms with Crippen LogP contribution in [0.15, 0.2) is 45.4 Å². The Hall–Kier alpha value is -1.59. The summed E-state index contributed by atoms with van der Waals surface area (Å²) in [5, 5.41) is 2.98. The Labute approximate surface area is 159 Å². The molecule has 0 spiro atoms. The average molecular weight is 453 g/mol. The highest BCUT2D eigenvalue weighted by Gasteiger charge is 2.09. The van der Waals surface area contributed by atoms with Crippen molar-refractivity contribution in [3.05, 3.63) is 62.0 Å². The van der Waals surface area contributed by atoms with E-state index in [-0.39, 0.29) is 5.91 Å². The van der Waals surface area contributed by atoms with Gasteiger partial charge in [0.1, 0.15) is 5.75 Å². The summed E-state index contributed by atoms with van der Waals surface area (Å²) in [5.41, 5.74) is 3.88. The van der Waals surface area contributed by atoms with Gasteiger partial charge in [-0.25, -0.2) is 0 Å². The molecule has 0 aromatic heterocycles. The first-order valence-corrected chi connectivity index (χ1v) is 9.15. The van der Waals surface area contributed by atoms with E-state index in [0.717, 1.165) is 37.7 Å². The van der Waals surface area contributed by atoms with Crippen LogP contribution in [0.5, 0.6) is 5.75 Å². The Kier molecular flexibility index (Phi) is 6.63. The lowest BCUT2D eigenvalue weighted by molar-refractivity contribution is -0.111. The molecule has 0 fully saturated rings. The molecule has 0 heterocycles. The summed E-state index contributed by atoms with van der Waals surface area (Å²) in [4.78, 5) is 12.3. The largest absolute Gasteiger partial charge is 0.495 e. The molecule has 2 aromatic rings. The van der Waals surface area contributed by atoms with E-state index in [4.69, 9.17) is 4.74 Å². The third kappa shape index (κ3) is 4.48. The molecule has 24 heavy (non-hydrogen) atoms. The molecule has 0 radical (unpaired) electrons. The number of aryl methyl sites for hydroxylation is 2. The van der Waals surface area contributed by atoms with Gasteiger partial charge in [0.05, 0.1) is 11.6 Å². The van der Waals surface area contributed by atoms with Crippen LogP contribution >= 0.6 is 31.9 Å². The van der Waals surface area contributed by atoms with Crippen LogP contribution in [0.3, 0.4) is 0 Å². The first-order chi connectivity index (χ1) is 11.5. The van der Waals surface area contributed by atoms with Gasteiger partial charge in [-0.15, -0.1) is 0 Å². The lowest BCUT2D eigenvalue weighted by Crippen LogP contribution is -2.11. The zero-order valence-electron chi connectivity index (χ0n) is 13.8. The molecule has 0 saturated heterocycles. The Bertz CT molecular complexity index is 785. The number of methoxy groups -OCH3 is 1. The first kappa shape index (κ1) is 18.7. The zero-order valence-corrected chi connectivity index (χ0v) is 17.0. The number of benzene rings is 2. The Balaban J connectivity index is 2.24. The summed E-state index contributed by atoms with van der Waals surface area (Å²) in [6, 6.07) is 9.83. The molecule has 2 aromatic carbocycles. The van der Waals surface area contributed by atoms with Gasteiger partial charge in [-0.2, -0.15) is 0 Å². The van der Waals surface area contributed by atoms with E-state index in [0.29, 0.717) is 5.75 Å². The lowest BCUT2D eigenvalue weighted by atomic mass is 10.1. The molecule has 0 saturated carbocycles. The maximum absolute atomic E-state index is 12.3. The molecule has 126 valence electrons. The van der Waals surface area contributed by atoms with Gasteiger partial charge in [-0.05, 0) is 58.6 Å². The molecule has 1 amide bonds. The highest BCUT2D eigenvalue weighted by Crippen LogP contribution is 2.33. The van der Waals surface area contributed by atoms with E-state index in [1.54, 1.807) is 13.2 Å². The average Bonchev–Trinajstić information content (AvgIpc) is 2.54. The molecule has 0 atom stereocenters. The third-order valence-corrected chi connectivity index (χ3v) is 4.69. The molecule has 0 unspecified atom stereocenters. The van der Waals surface area contributed by atoms with Gasteiger partial charge in [-0.1, -0.05) is 41.1 Å². The number of carbonyl (C=O) groups excluding carboxylic acids is 1. The monoisotopic (exact) mass is 451 g/mol. The summed E-state index contributed by atoms with van der Waals surface area (Å²) in [6.45, 7) is 4.07. The number of halogens is 2. The van der Waals surface area contributed by atoms with Crippen molar-refractivity contribution >= 4 is 49.5 Å². The molecular formula is C19H19Br2NO2. The summed E-state index contributed by atoms with van der Waals surface area (Å²) >= 11 is 6.90. The van der Waals surface area contributed by atoms with Gasteiger partial charge in [0.15, 0.2) is 0 Å². The van der Waals surface area contributed by atoms with Crippen molar-refractivity contribution in [2.45, 2.75) is 20.3 Å². The van der Waals surface area contributed by atoms with Crippen molar-refractivity contribution in [2.24, 2.45) is 0 Å². The van der Waals surface area contributed by atoms with Gasteiger partial charge >= 0.3 is 0 Å². The van der Waals surface area contributed by atoms with Crippen molar-refractivity contribution in [1.82, 2.24) is 0 Å². The van der Waals surface area contributed by atoms with Crippen molar-refractivity contribution in [3.63, 3.8) is 0 Å². The van der Waals surface area contributed by atoms with E-state index >= 15 is 0 Å². The van der Waals surface area contributed by atoms with Crippen LogP contribution in [0.4, 0.5) is 5.69 Å². The summed E-state index contributed by atoms with van der Waals surface area (Å²) in [6.07, 6.45) is 4.13. The molecule has 0 aliphatic carbocycles. The topological polar surface area (TPSA) is 38.3 Å². The van der Waals surface area contributed by atoms with Crippen LogP contribution in [0.25, 0.3) is 6.08 Å². The van der Waals surface area contributed by atoms with Gasteiger partial charge in [-0.3, -0.25) is 4.79 Å². The number of carbonyl (C=O) groups is 1. The van der Waals surface area contributed by atoms with E-state index in [9.17, 15) is 4.79 Å². The highest BCUT2D eigenvalue weighted by atomic mass is 79.9. The number of para-hydroxylation sites is 1. The molecular weight excluding hydrogens is 434 g/mol. The van der Waals surface area contributed by atoms with Crippen molar-refractivity contribution in [1.29, 1.82) is 0 Å². The maximum Gasteiger partial charge on any atom is 0.248 e. The van der Waals surface area contributed by atoms with E-state index in [2.05, 4.69) is 44.1 Å². The number of rotatable bonds is 5. The first-order valence-electron chi connectivity index (χ1n) is 7.56. The molecule has 2 rings (SSSR count). The van der Waals surface area contributed by atoms with E-state index in [1.165, 1.54) is 6.08 Å². The van der Waals surface area contributed by atoms with Crippen molar-refractivity contribution in [3.8, 4) is 5.75 Å². The molecule has 1 N–H and O–H groups in total. The number of anilines is 1. The van der Waals surface area contributed by atoms with Crippen LogP contribution in [-0.2, 0) is 11.2 Å². The second kappa shape index (κ2) is 8.49. The van der Waals surface area contributed by atoms with E-state index in [1.807, 2.05) is 37.3 Å². The Morgan fingerprint density at radius 2 is 2.04 bits per heavy atom. The minimum absolute atomic E-state index is 0.169. The molecule has 0 bridgehead atoms. The van der Waals surface area contributed by atoms with Crippen LogP contribution in [-0.4, -0.2) is 13.0 Å². The summed E-state index contributed by atoms with van der Waals surface area (Å²) in [7, 11) is 1.60. The quantitative estimate of drug-likeness (QED) is 0.587. The second-order valence-electron chi connectivity index (χ2n) is 5.30. The van der Waals surface area contributed by atoms with Gasteiger partial charge in [0.25, 0.3) is 0 Å². The summed E-state index contributed by atoms with van der Waals surface area (Å²) in [5.74, 6) is 0.518. The fourth-order valence-corrected chi connectivity index (χ4v) is 3.87. The molecule has 3 nitrogen and oxygen atoms in total. The number of hydrogen-bond donors (Lipinski definition) is 1. The van der Waals surface area contributed by atoms with Crippen LogP contribution in [0.1, 0.15) is 23.6 Å². The number of amides is 1. The Morgan fingerprint density at radius 3 is 2.71 bits per heavy atom. The van der Waals surface area contributed by atoms with Crippen LogP contribution in [0, 0.1) is 6.92 Å². The number of nitrogens with one attached hydrogen (secondary N) is 1.